The largest absolute Gasteiger partial charge is 0.488 e. The van der Waals surface area contributed by atoms with Gasteiger partial charge in [-0.2, -0.15) is 0 Å². The van der Waals surface area contributed by atoms with E-state index in [1.165, 1.54) is 24.3 Å². The summed E-state index contributed by atoms with van der Waals surface area (Å²) in [5.74, 6) is -0.806. The summed E-state index contributed by atoms with van der Waals surface area (Å²) in [4.78, 5) is 38.4. The molecule has 0 aliphatic carbocycles. The van der Waals surface area contributed by atoms with Gasteiger partial charge in [-0.1, -0.05) is 36.4 Å². The number of amides is 3. The Morgan fingerprint density at radius 3 is 2.50 bits per heavy atom. The SMILES string of the molecule is O=C(CN1C(=O)S/C(=C\c2ccc(OCc3ccccc3)c(I)c2)C1=O)Nc1ccc(F)cc1. The number of anilines is 1. The number of hydrogen-bond donors (Lipinski definition) is 1. The van der Waals surface area contributed by atoms with Gasteiger partial charge in [-0.05, 0) is 88.0 Å². The Balaban J connectivity index is 1.39. The van der Waals surface area contributed by atoms with Gasteiger partial charge in [0.2, 0.25) is 5.91 Å². The van der Waals surface area contributed by atoms with Crippen LogP contribution in [0.4, 0.5) is 14.9 Å². The Bertz CT molecular complexity index is 1270. The zero-order valence-electron chi connectivity index (χ0n) is 17.7. The van der Waals surface area contributed by atoms with Crippen molar-refractivity contribution in [2.45, 2.75) is 6.61 Å². The molecule has 0 spiro atoms. The predicted molar refractivity (Wildman–Crippen MR) is 138 cm³/mol. The summed E-state index contributed by atoms with van der Waals surface area (Å²) in [6.07, 6.45) is 1.62. The number of halogens is 2. The lowest BCUT2D eigenvalue weighted by Gasteiger charge is -2.12. The van der Waals surface area contributed by atoms with Crippen molar-refractivity contribution in [2.24, 2.45) is 0 Å². The normalized spacial score (nSPS) is 14.5. The smallest absolute Gasteiger partial charge is 0.294 e. The second-order valence-corrected chi connectivity index (χ2v) is 9.44. The molecular formula is C25H18FIN2O4S. The number of carbonyl (C=O) groups is 3. The summed E-state index contributed by atoms with van der Waals surface area (Å²) in [6, 6.07) is 20.5. The number of hydrogen-bond acceptors (Lipinski definition) is 5. The molecule has 9 heteroatoms. The van der Waals surface area contributed by atoms with Gasteiger partial charge in [0.1, 0.15) is 24.7 Å². The average molecular weight is 588 g/mol. The molecule has 1 aliphatic rings. The van der Waals surface area contributed by atoms with Gasteiger partial charge in [0.25, 0.3) is 11.1 Å². The molecule has 1 aliphatic heterocycles. The van der Waals surface area contributed by atoms with Gasteiger partial charge in [0.15, 0.2) is 0 Å². The van der Waals surface area contributed by atoms with E-state index >= 15 is 0 Å². The molecule has 0 aromatic heterocycles. The number of rotatable bonds is 7. The zero-order chi connectivity index (χ0) is 24.1. The number of nitrogens with one attached hydrogen (secondary N) is 1. The first-order chi connectivity index (χ1) is 16.4. The first-order valence-electron chi connectivity index (χ1n) is 10.2. The number of benzene rings is 3. The van der Waals surface area contributed by atoms with Crippen LogP contribution in [-0.4, -0.2) is 28.5 Å². The highest BCUT2D eigenvalue weighted by atomic mass is 127. The minimum absolute atomic E-state index is 0.230. The van der Waals surface area contributed by atoms with Gasteiger partial charge in [0, 0.05) is 5.69 Å². The number of carbonyl (C=O) groups excluding carboxylic acids is 3. The summed E-state index contributed by atoms with van der Waals surface area (Å²) in [5, 5.41) is 2.02. The molecule has 1 fully saturated rings. The second-order valence-electron chi connectivity index (χ2n) is 7.29. The number of thioether (sulfide) groups is 1. The number of imide groups is 1. The minimum Gasteiger partial charge on any atom is -0.488 e. The highest BCUT2D eigenvalue weighted by molar-refractivity contribution is 14.1. The third kappa shape index (κ3) is 6.03. The van der Waals surface area contributed by atoms with Gasteiger partial charge in [-0.25, -0.2) is 4.39 Å². The first-order valence-corrected chi connectivity index (χ1v) is 12.1. The van der Waals surface area contributed by atoms with E-state index in [2.05, 4.69) is 27.9 Å². The maximum atomic E-state index is 13.0. The van der Waals surface area contributed by atoms with Crippen molar-refractivity contribution in [1.29, 1.82) is 0 Å². The van der Waals surface area contributed by atoms with E-state index in [0.29, 0.717) is 18.0 Å². The molecule has 0 saturated carbocycles. The van der Waals surface area contributed by atoms with Crippen molar-refractivity contribution in [1.82, 2.24) is 4.90 Å². The third-order valence-corrected chi connectivity index (χ3v) is 6.54. The van der Waals surface area contributed by atoms with Crippen molar-refractivity contribution in [3.63, 3.8) is 0 Å². The maximum Gasteiger partial charge on any atom is 0.294 e. The van der Waals surface area contributed by atoms with Crippen molar-refractivity contribution >= 4 is 63.2 Å². The lowest BCUT2D eigenvalue weighted by Crippen LogP contribution is -2.36. The van der Waals surface area contributed by atoms with Crippen LogP contribution < -0.4 is 10.1 Å². The third-order valence-electron chi connectivity index (χ3n) is 4.79. The van der Waals surface area contributed by atoms with Crippen LogP contribution >= 0.6 is 34.4 Å². The van der Waals surface area contributed by atoms with Crippen LogP contribution in [0.15, 0.2) is 77.7 Å². The fourth-order valence-electron chi connectivity index (χ4n) is 3.12. The molecule has 34 heavy (non-hydrogen) atoms. The van der Waals surface area contributed by atoms with Gasteiger partial charge in [-0.3, -0.25) is 19.3 Å². The standard InChI is InChI=1S/C25H18FIN2O4S/c26-18-7-9-19(10-8-18)28-23(30)14-29-24(31)22(34-25(29)32)13-17-6-11-21(20(27)12-17)33-15-16-4-2-1-3-5-16/h1-13H,14-15H2,(H,28,30)/b22-13-. The van der Waals surface area contributed by atoms with E-state index < -0.39 is 29.4 Å². The quantitative estimate of drug-likeness (QED) is 0.284. The minimum atomic E-state index is -0.551. The Morgan fingerprint density at radius 2 is 1.79 bits per heavy atom. The van der Waals surface area contributed by atoms with E-state index in [9.17, 15) is 18.8 Å². The lowest BCUT2D eigenvalue weighted by atomic mass is 10.2. The fourth-order valence-corrected chi connectivity index (χ4v) is 4.66. The highest BCUT2D eigenvalue weighted by Gasteiger charge is 2.36. The zero-order valence-corrected chi connectivity index (χ0v) is 20.6. The monoisotopic (exact) mass is 588 g/mol. The van der Waals surface area contributed by atoms with Crippen LogP contribution in [0.1, 0.15) is 11.1 Å². The van der Waals surface area contributed by atoms with Gasteiger partial charge in [-0.15, -0.1) is 0 Å². The molecule has 0 unspecified atom stereocenters. The molecule has 3 aromatic rings. The van der Waals surface area contributed by atoms with Gasteiger partial charge >= 0.3 is 0 Å². The van der Waals surface area contributed by atoms with Crippen molar-refractivity contribution in [2.75, 3.05) is 11.9 Å². The predicted octanol–water partition coefficient (Wildman–Crippen LogP) is 5.68. The molecule has 4 rings (SSSR count). The molecule has 0 radical (unpaired) electrons. The summed E-state index contributed by atoms with van der Waals surface area (Å²) in [5.41, 5.74) is 2.16. The van der Waals surface area contributed by atoms with E-state index in [1.54, 1.807) is 12.1 Å². The van der Waals surface area contributed by atoms with E-state index in [-0.39, 0.29) is 4.91 Å². The van der Waals surface area contributed by atoms with Gasteiger partial charge in [0.05, 0.1) is 8.48 Å². The Hall–Kier alpha value is -3.18. The molecule has 0 atom stereocenters. The van der Waals surface area contributed by atoms with Crippen molar-refractivity contribution in [3.05, 3.63) is 98.2 Å². The summed E-state index contributed by atoms with van der Waals surface area (Å²) >= 11 is 2.94. The van der Waals surface area contributed by atoms with Crippen molar-refractivity contribution in [3.8, 4) is 5.75 Å². The van der Waals surface area contributed by atoms with Crippen LogP contribution in [0.5, 0.6) is 5.75 Å². The Labute approximate surface area is 213 Å². The Kier molecular flexibility index (Phi) is 7.63. The molecule has 1 heterocycles. The molecule has 1 N–H and O–H groups in total. The van der Waals surface area contributed by atoms with E-state index in [0.717, 1.165) is 31.4 Å². The molecule has 3 aromatic carbocycles. The number of ether oxygens (including phenoxy) is 1. The van der Waals surface area contributed by atoms with Crippen molar-refractivity contribution < 1.29 is 23.5 Å². The second kappa shape index (κ2) is 10.8. The summed E-state index contributed by atoms with van der Waals surface area (Å²) < 4.78 is 19.7. The van der Waals surface area contributed by atoms with Crippen LogP contribution in [0.2, 0.25) is 0 Å². The number of nitrogens with zero attached hydrogens (tertiary/aromatic N) is 1. The van der Waals surface area contributed by atoms with E-state index in [4.69, 9.17) is 4.74 Å². The lowest BCUT2D eigenvalue weighted by molar-refractivity contribution is -0.127. The molecule has 172 valence electrons. The highest BCUT2D eigenvalue weighted by Crippen LogP contribution is 2.33. The molecule has 3 amide bonds. The van der Waals surface area contributed by atoms with Crippen LogP contribution in [0.3, 0.4) is 0 Å². The first kappa shape index (κ1) is 24.0. The van der Waals surface area contributed by atoms with Crippen LogP contribution in [0, 0.1) is 9.39 Å². The Morgan fingerprint density at radius 1 is 1.06 bits per heavy atom. The van der Waals surface area contributed by atoms with E-state index in [1.807, 2.05) is 42.5 Å². The van der Waals surface area contributed by atoms with Crippen LogP contribution in [0.25, 0.3) is 6.08 Å². The topological polar surface area (TPSA) is 75.7 Å². The summed E-state index contributed by atoms with van der Waals surface area (Å²) in [6.45, 7) is 0.0121. The molecule has 0 bridgehead atoms. The molecular weight excluding hydrogens is 570 g/mol. The molecule has 6 nitrogen and oxygen atoms in total. The van der Waals surface area contributed by atoms with Crippen LogP contribution in [-0.2, 0) is 16.2 Å². The summed E-state index contributed by atoms with van der Waals surface area (Å²) in [7, 11) is 0. The fraction of sp³-hybridized carbons (Fsp3) is 0.0800. The molecule has 1 saturated heterocycles. The average Bonchev–Trinajstić information content (AvgIpc) is 3.08. The van der Waals surface area contributed by atoms with Gasteiger partial charge < -0.3 is 10.1 Å². The maximum absolute atomic E-state index is 13.0.